The molecule has 1 heterocycles. The molecule has 0 spiro atoms. The topological polar surface area (TPSA) is 112 Å². The number of fused-ring (bicyclic) bond motifs is 1. The van der Waals surface area contributed by atoms with Crippen molar-refractivity contribution in [1.82, 2.24) is 5.32 Å². The van der Waals surface area contributed by atoms with E-state index in [1.165, 1.54) is 24.3 Å². The molecule has 0 aliphatic carbocycles. The summed E-state index contributed by atoms with van der Waals surface area (Å²) in [7, 11) is 0. The summed E-state index contributed by atoms with van der Waals surface area (Å²) in [5, 5.41) is 14.2. The lowest BCUT2D eigenvalue weighted by atomic mass is 10.1. The first-order valence-electron chi connectivity index (χ1n) is 8.87. The highest BCUT2D eigenvalue weighted by molar-refractivity contribution is 5.97. The molecule has 1 amide bonds. The molecule has 0 unspecified atom stereocenters. The summed E-state index contributed by atoms with van der Waals surface area (Å²) in [5.41, 5.74) is 1.51. The molecule has 1 aromatic heterocycles. The van der Waals surface area contributed by atoms with Crippen LogP contribution in [0.4, 0.5) is 5.69 Å². The van der Waals surface area contributed by atoms with Crippen LogP contribution in [0.3, 0.4) is 0 Å². The van der Waals surface area contributed by atoms with Crippen molar-refractivity contribution in [2.45, 2.75) is 13.5 Å². The van der Waals surface area contributed by atoms with E-state index in [4.69, 9.17) is 9.15 Å². The van der Waals surface area contributed by atoms with Gasteiger partial charge in [0, 0.05) is 35.7 Å². The Labute approximate surface area is 165 Å². The molecule has 0 aliphatic heterocycles. The Bertz CT molecular complexity index is 1100. The molecule has 0 atom stereocenters. The minimum atomic E-state index is -0.597. The van der Waals surface area contributed by atoms with Crippen molar-refractivity contribution in [3.05, 3.63) is 81.6 Å². The van der Waals surface area contributed by atoms with Gasteiger partial charge in [-0.05, 0) is 24.6 Å². The number of furan rings is 1. The second kappa shape index (κ2) is 8.83. The Morgan fingerprint density at radius 1 is 1.21 bits per heavy atom. The molecule has 0 saturated heterocycles. The van der Waals surface area contributed by atoms with Gasteiger partial charge in [0.15, 0.2) is 0 Å². The van der Waals surface area contributed by atoms with Crippen molar-refractivity contribution >= 4 is 34.6 Å². The summed E-state index contributed by atoms with van der Waals surface area (Å²) in [6.07, 6.45) is 2.74. The van der Waals surface area contributed by atoms with E-state index in [2.05, 4.69) is 5.32 Å². The van der Waals surface area contributed by atoms with Gasteiger partial charge in [-0.15, -0.1) is 0 Å². The number of hydrogen-bond acceptors (Lipinski definition) is 6. The van der Waals surface area contributed by atoms with Crippen LogP contribution >= 0.6 is 0 Å². The van der Waals surface area contributed by atoms with Gasteiger partial charge in [0.1, 0.15) is 5.58 Å². The Balaban J connectivity index is 1.75. The second-order valence-corrected chi connectivity index (χ2v) is 6.03. The zero-order chi connectivity index (χ0) is 20.8. The number of nitro groups is 1. The number of ether oxygens (including phenoxy) is 1. The number of carbonyl (C=O) groups is 2. The quantitative estimate of drug-likeness (QED) is 0.282. The van der Waals surface area contributed by atoms with Gasteiger partial charge in [-0.2, -0.15) is 0 Å². The molecule has 3 rings (SSSR count). The third-order valence-corrected chi connectivity index (χ3v) is 4.11. The molecule has 0 radical (unpaired) electrons. The first-order valence-corrected chi connectivity index (χ1v) is 8.87. The van der Waals surface area contributed by atoms with Crippen LogP contribution in [0, 0.1) is 10.1 Å². The normalized spacial score (nSPS) is 10.9. The number of non-ortho nitro benzene ring substituents is 1. The van der Waals surface area contributed by atoms with E-state index in [0.29, 0.717) is 22.1 Å². The third-order valence-electron chi connectivity index (χ3n) is 4.11. The number of amides is 1. The smallest absolute Gasteiger partial charge is 0.374 e. The Morgan fingerprint density at radius 2 is 2.00 bits per heavy atom. The van der Waals surface area contributed by atoms with Gasteiger partial charge in [0.2, 0.25) is 11.7 Å². The van der Waals surface area contributed by atoms with E-state index in [1.54, 1.807) is 43.3 Å². The standard InChI is InChI=1S/C21H18N2O6/c1-2-28-21(25)20-17(16-8-3-4-9-18(16)29-20)13-22-19(24)11-10-14-6-5-7-15(12-14)23(26)27/h3-12H,2,13H2,1H3,(H,22,24)/b11-10-. The van der Waals surface area contributed by atoms with E-state index >= 15 is 0 Å². The largest absolute Gasteiger partial charge is 0.460 e. The van der Waals surface area contributed by atoms with Crippen molar-refractivity contribution in [3.8, 4) is 0 Å². The number of esters is 1. The van der Waals surface area contributed by atoms with Crippen LogP contribution in [0.2, 0.25) is 0 Å². The van der Waals surface area contributed by atoms with Crippen molar-refractivity contribution in [2.75, 3.05) is 6.61 Å². The molecule has 0 bridgehead atoms. The van der Waals surface area contributed by atoms with Crippen LogP contribution in [0.25, 0.3) is 17.0 Å². The van der Waals surface area contributed by atoms with Gasteiger partial charge < -0.3 is 14.5 Å². The average molecular weight is 394 g/mol. The molecular weight excluding hydrogens is 376 g/mol. The maximum Gasteiger partial charge on any atom is 0.374 e. The third kappa shape index (κ3) is 4.67. The van der Waals surface area contributed by atoms with E-state index < -0.39 is 16.8 Å². The Kier molecular flexibility index (Phi) is 6.03. The lowest BCUT2D eigenvalue weighted by Crippen LogP contribution is -2.21. The number of carbonyl (C=O) groups excluding carboxylic acids is 2. The second-order valence-electron chi connectivity index (χ2n) is 6.03. The predicted octanol–water partition coefficient (Wildman–Crippen LogP) is 3.85. The van der Waals surface area contributed by atoms with Crippen LogP contribution in [-0.2, 0) is 16.1 Å². The summed E-state index contributed by atoms with van der Waals surface area (Å²) in [4.78, 5) is 34.7. The monoisotopic (exact) mass is 394 g/mol. The SMILES string of the molecule is CCOC(=O)c1oc2ccccc2c1CNC(=O)/C=C\c1cccc([N+](=O)[O-])c1. The predicted molar refractivity (Wildman–Crippen MR) is 106 cm³/mol. The number of nitro benzene ring substituents is 1. The Hall–Kier alpha value is -3.94. The van der Waals surface area contributed by atoms with Crippen molar-refractivity contribution in [2.24, 2.45) is 0 Å². The van der Waals surface area contributed by atoms with Gasteiger partial charge in [-0.1, -0.05) is 30.3 Å². The van der Waals surface area contributed by atoms with Crippen LogP contribution in [0.1, 0.15) is 28.6 Å². The molecule has 8 nitrogen and oxygen atoms in total. The summed E-state index contributed by atoms with van der Waals surface area (Å²) >= 11 is 0. The van der Waals surface area contributed by atoms with Gasteiger partial charge in [-0.3, -0.25) is 14.9 Å². The maximum atomic E-state index is 12.2. The molecule has 0 fully saturated rings. The van der Waals surface area contributed by atoms with Crippen LogP contribution in [-0.4, -0.2) is 23.4 Å². The summed E-state index contributed by atoms with van der Waals surface area (Å²) < 4.78 is 10.6. The zero-order valence-electron chi connectivity index (χ0n) is 15.6. The fourth-order valence-corrected chi connectivity index (χ4v) is 2.78. The number of benzene rings is 2. The summed E-state index contributed by atoms with van der Waals surface area (Å²) in [5.74, 6) is -0.965. The number of nitrogens with one attached hydrogen (secondary N) is 1. The van der Waals surface area contributed by atoms with Crippen LogP contribution in [0.15, 0.2) is 59.0 Å². The molecule has 2 aromatic carbocycles. The molecule has 0 aliphatic rings. The van der Waals surface area contributed by atoms with Crippen molar-refractivity contribution in [1.29, 1.82) is 0 Å². The van der Waals surface area contributed by atoms with Gasteiger partial charge in [-0.25, -0.2) is 4.79 Å². The van der Waals surface area contributed by atoms with Gasteiger partial charge in [0.25, 0.3) is 5.69 Å². The summed E-state index contributed by atoms with van der Waals surface area (Å²) in [6.45, 7) is 1.96. The maximum absolute atomic E-state index is 12.2. The minimum absolute atomic E-state index is 0.0519. The Morgan fingerprint density at radius 3 is 2.76 bits per heavy atom. The van der Waals surface area contributed by atoms with Gasteiger partial charge >= 0.3 is 5.97 Å². The molecule has 0 saturated carbocycles. The highest BCUT2D eigenvalue weighted by Crippen LogP contribution is 2.26. The molecule has 29 heavy (non-hydrogen) atoms. The number of para-hydroxylation sites is 1. The van der Waals surface area contributed by atoms with E-state index in [-0.39, 0.29) is 24.6 Å². The lowest BCUT2D eigenvalue weighted by Gasteiger charge is -2.04. The molecular formula is C21H18N2O6. The van der Waals surface area contributed by atoms with Crippen LogP contribution in [0.5, 0.6) is 0 Å². The molecule has 3 aromatic rings. The number of rotatable bonds is 7. The fraction of sp³-hybridized carbons (Fsp3) is 0.143. The van der Waals surface area contributed by atoms with Gasteiger partial charge in [0.05, 0.1) is 11.5 Å². The number of hydrogen-bond donors (Lipinski definition) is 1. The fourth-order valence-electron chi connectivity index (χ4n) is 2.78. The molecule has 1 N–H and O–H groups in total. The van der Waals surface area contributed by atoms with E-state index in [1.807, 2.05) is 0 Å². The first kappa shape index (κ1) is 19.8. The van der Waals surface area contributed by atoms with Crippen molar-refractivity contribution < 1.29 is 23.7 Å². The average Bonchev–Trinajstić information content (AvgIpc) is 3.10. The van der Waals surface area contributed by atoms with Crippen LogP contribution < -0.4 is 5.32 Å². The van der Waals surface area contributed by atoms with E-state index in [9.17, 15) is 19.7 Å². The van der Waals surface area contributed by atoms with E-state index in [0.717, 1.165) is 0 Å². The first-order chi connectivity index (χ1) is 14.0. The number of nitrogens with zero attached hydrogens (tertiary/aromatic N) is 1. The molecule has 8 heteroatoms. The lowest BCUT2D eigenvalue weighted by molar-refractivity contribution is -0.384. The van der Waals surface area contributed by atoms with Crippen molar-refractivity contribution in [3.63, 3.8) is 0 Å². The highest BCUT2D eigenvalue weighted by Gasteiger charge is 2.21. The minimum Gasteiger partial charge on any atom is -0.460 e. The summed E-state index contributed by atoms with van der Waals surface area (Å²) in [6, 6.07) is 13.0. The highest BCUT2D eigenvalue weighted by atomic mass is 16.6. The molecule has 148 valence electrons. The zero-order valence-corrected chi connectivity index (χ0v) is 15.6.